The van der Waals surface area contributed by atoms with Crippen molar-refractivity contribution in [1.29, 1.82) is 0 Å². The Morgan fingerprint density at radius 2 is 1.87 bits per heavy atom. The van der Waals surface area contributed by atoms with Crippen LogP contribution in [0.25, 0.3) is 0 Å². The maximum absolute atomic E-state index is 9.91. The summed E-state index contributed by atoms with van der Waals surface area (Å²) in [5, 5.41) is 19.8. The molecule has 0 unspecified atom stereocenters. The van der Waals surface area contributed by atoms with Gasteiger partial charge in [-0.15, -0.1) is 0 Å². The molecule has 4 heteroatoms. The summed E-state index contributed by atoms with van der Waals surface area (Å²) < 4.78 is 10.1. The van der Waals surface area contributed by atoms with Crippen LogP contribution >= 0.6 is 0 Å². The number of phenols is 1. The van der Waals surface area contributed by atoms with E-state index in [2.05, 4.69) is 0 Å². The SMILES string of the molecule is COc1ccc(C2(O)CC2)c(O)c1OC. The largest absolute Gasteiger partial charge is 0.504 e. The number of aliphatic hydroxyl groups is 1. The molecule has 0 bridgehead atoms. The lowest BCUT2D eigenvalue weighted by molar-refractivity contribution is 0.146. The zero-order chi connectivity index (χ0) is 11.1. The zero-order valence-electron chi connectivity index (χ0n) is 8.78. The second kappa shape index (κ2) is 3.31. The number of hydrogen-bond donors (Lipinski definition) is 2. The van der Waals surface area contributed by atoms with E-state index in [4.69, 9.17) is 9.47 Å². The molecular weight excluding hydrogens is 196 g/mol. The van der Waals surface area contributed by atoms with E-state index in [0.29, 0.717) is 24.2 Å². The summed E-state index contributed by atoms with van der Waals surface area (Å²) in [6.07, 6.45) is 1.35. The van der Waals surface area contributed by atoms with Crippen LogP contribution in [0.1, 0.15) is 18.4 Å². The minimum Gasteiger partial charge on any atom is -0.504 e. The van der Waals surface area contributed by atoms with Gasteiger partial charge in [-0.05, 0) is 25.0 Å². The van der Waals surface area contributed by atoms with Crippen LogP contribution in [-0.2, 0) is 5.60 Å². The third kappa shape index (κ3) is 1.51. The topological polar surface area (TPSA) is 58.9 Å². The van der Waals surface area contributed by atoms with Crippen LogP contribution in [0.4, 0.5) is 0 Å². The fraction of sp³-hybridized carbons (Fsp3) is 0.455. The maximum Gasteiger partial charge on any atom is 0.203 e. The molecule has 2 rings (SSSR count). The van der Waals surface area contributed by atoms with Gasteiger partial charge in [-0.3, -0.25) is 0 Å². The van der Waals surface area contributed by atoms with E-state index in [1.54, 1.807) is 12.1 Å². The molecule has 1 aromatic rings. The van der Waals surface area contributed by atoms with Crippen LogP contribution in [0.2, 0.25) is 0 Å². The number of ether oxygens (including phenoxy) is 2. The van der Waals surface area contributed by atoms with Gasteiger partial charge in [0.25, 0.3) is 0 Å². The number of rotatable bonds is 3. The van der Waals surface area contributed by atoms with E-state index in [9.17, 15) is 10.2 Å². The molecule has 82 valence electrons. The Morgan fingerprint density at radius 3 is 2.33 bits per heavy atom. The molecule has 0 radical (unpaired) electrons. The molecule has 1 saturated carbocycles. The maximum atomic E-state index is 9.91. The van der Waals surface area contributed by atoms with Crippen LogP contribution in [0, 0.1) is 0 Å². The fourth-order valence-corrected chi connectivity index (χ4v) is 1.67. The highest BCUT2D eigenvalue weighted by Crippen LogP contribution is 2.52. The van der Waals surface area contributed by atoms with Gasteiger partial charge in [0, 0.05) is 5.56 Å². The molecule has 0 amide bonds. The quantitative estimate of drug-likeness (QED) is 0.791. The van der Waals surface area contributed by atoms with E-state index in [1.807, 2.05) is 0 Å². The molecule has 0 atom stereocenters. The minimum absolute atomic E-state index is 0.0307. The number of methoxy groups -OCH3 is 2. The lowest BCUT2D eigenvalue weighted by Crippen LogP contribution is -2.05. The summed E-state index contributed by atoms with van der Waals surface area (Å²) >= 11 is 0. The van der Waals surface area contributed by atoms with Gasteiger partial charge < -0.3 is 19.7 Å². The summed E-state index contributed by atoms with van der Waals surface area (Å²) in [6.45, 7) is 0. The Morgan fingerprint density at radius 1 is 1.20 bits per heavy atom. The van der Waals surface area contributed by atoms with Crippen molar-refractivity contribution >= 4 is 0 Å². The van der Waals surface area contributed by atoms with Gasteiger partial charge in [0.1, 0.15) is 0 Å². The molecule has 0 spiro atoms. The Balaban J connectivity index is 2.51. The highest BCUT2D eigenvalue weighted by molar-refractivity contribution is 5.57. The van der Waals surface area contributed by atoms with Crippen LogP contribution in [0.5, 0.6) is 17.2 Å². The number of hydrogen-bond acceptors (Lipinski definition) is 4. The Hall–Kier alpha value is -1.42. The lowest BCUT2D eigenvalue weighted by Gasteiger charge is -2.15. The Bertz CT molecular complexity index is 382. The van der Waals surface area contributed by atoms with Gasteiger partial charge in [0.05, 0.1) is 19.8 Å². The van der Waals surface area contributed by atoms with E-state index in [0.717, 1.165) is 0 Å². The summed E-state index contributed by atoms with van der Waals surface area (Å²) in [7, 11) is 2.96. The third-order valence-corrected chi connectivity index (χ3v) is 2.74. The standard InChI is InChI=1S/C11H14O4/c1-14-8-4-3-7(11(13)5-6-11)9(12)10(8)15-2/h3-4,12-13H,5-6H2,1-2H3. The molecular formula is C11H14O4. The van der Waals surface area contributed by atoms with Crippen LogP contribution in [-0.4, -0.2) is 24.4 Å². The third-order valence-electron chi connectivity index (χ3n) is 2.74. The molecule has 0 saturated heterocycles. The van der Waals surface area contributed by atoms with Gasteiger partial charge in [-0.25, -0.2) is 0 Å². The average molecular weight is 210 g/mol. The smallest absolute Gasteiger partial charge is 0.203 e. The first-order valence-corrected chi connectivity index (χ1v) is 4.79. The van der Waals surface area contributed by atoms with Crippen molar-refractivity contribution < 1.29 is 19.7 Å². The predicted molar refractivity (Wildman–Crippen MR) is 54.3 cm³/mol. The second-order valence-corrected chi connectivity index (χ2v) is 3.73. The molecule has 1 aliphatic rings. The average Bonchev–Trinajstić information content (AvgIpc) is 2.96. The minimum atomic E-state index is -0.871. The van der Waals surface area contributed by atoms with Gasteiger partial charge in [-0.2, -0.15) is 0 Å². The predicted octanol–water partition coefficient (Wildman–Crippen LogP) is 1.39. The van der Waals surface area contributed by atoms with Crippen LogP contribution < -0.4 is 9.47 Å². The van der Waals surface area contributed by atoms with E-state index in [-0.39, 0.29) is 11.5 Å². The van der Waals surface area contributed by atoms with Gasteiger partial charge in [-0.1, -0.05) is 0 Å². The Labute approximate surface area is 88.1 Å². The van der Waals surface area contributed by atoms with Crippen molar-refractivity contribution in [2.45, 2.75) is 18.4 Å². The second-order valence-electron chi connectivity index (χ2n) is 3.73. The molecule has 15 heavy (non-hydrogen) atoms. The van der Waals surface area contributed by atoms with Crippen LogP contribution in [0.15, 0.2) is 12.1 Å². The molecule has 1 aliphatic carbocycles. The van der Waals surface area contributed by atoms with Gasteiger partial charge in [0.2, 0.25) is 5.75 Å². The zero-order valence-corrected chi connectivity index (χ0v) is 8.78. The summed E-state index contributed by atoms with van der Waals surface area (Å²) in [6, 6.07) is 3.36. The number of benzene rings is 1. The number of aromatic hydroxyl groups is 1. The molecule has 2 N–H and O–H groups in total. The van der Waals surface area contributed by atoms with Crippen LogP contribution in [0.3, 0.4) is 0 Å². The van der Waals surface area contributed by atoms with Crippen molar-refractivity contribution in [3.63, 3.8) is 0 Å². The molecule has 0 aromatic heterocycles. The first kappa shape index (κ1) is 10.1. The molecule has 1 fully saturated rings. The van der Waals surface area contributed by atoms with Crippen molar-refractivity contribution in [2.75, 3.05) is 14.2 Å². The lowest BCUT2D eigenvalue weighted by atomic mass is 10.1. The monoisotopic (exact) mass is 210 g/mol. The fourth-order valence-electron chi connectivity index (χ4n) is 1.67. The molecule has 0 heterocycles. The van der Waals surface area contributed by atoms with Crippen molar-refractivity contribution in [3.8, 4) is 17.2 Å². The molecule has 4 nitrogen and oxygen atoms in total. The summed E-state index contributed by atoms with van der Waals surface area (Å²) in [5.41, 5.74) is -0.357. The highest BCUT2D eigenvalue weighted by atomic mass is 16.5. The molecule has 1 aromatic carbocycles. The van der Waals surface area contributed by atoms with E-state index in [1.165, 1.54) is 14.2 Å². The van der Waals surface area contributed by atoms with Crippen molar-refractivity contribution in [3.05, 3.63) is 17.7 Å². The molecule has 0 aliphatic heterocycles. The van der Waals surface area contributed by atoms with Gasteiger partial charge in [0.15, 0.2) is 11.5 Å². The summed E-state index contributed by atoms with van der Waals surface area (Å²) in [4.78, 5) is 0. The van der Waals surface area contributed by atoms with E-state index < -0.39 is 5.60 Å². The normalized spacial score (nSPS) is 17.3. The first-order valence-electron chi connectivity index (χ1n) is 4.79. The highest BCUT2D eigenvalue weighted by Gasteiger charge is 2.45. The van der Waals surface area contributed by atoms with Crippen molar-refractivity contribution in [2.24, 2.45) is 0 Å². The summed E-state index contributed by atoms with van der Waals surface area (Å²) in [5.74, 6) is 0.704. The first-order chi connectivity index (χ1) is 7.12. The van der Waals surface area contributed by atoms with Crippen molar-refractivity contribution in [1.82, 2.24) is 0 Å². The van der Waals surface area contributed by atoms with Gasteiger partial charge >= 0.3 is 0 Å². The number of phenolic OH excluding ortho intramolecular Hbond substituents is 1. The Kier molecular flexibility index (Phi) is 2.23. The van der Waals surface area contributed by atoms with E-state index >= 15 is 0 Å².